The Kier molecular flexibility index (Phi) is 5.81. The molecule has 0 radical (unpaired) electrons. The highest BCUT2D eigenvalue weighted by atomic mass is 79.9. The van der Waals surface area contributed by atoms with Crippen molar-refractivity contribution in [1.82, 2.24) is 4.72 Å². The molecule has 10 heteroatoms. The second-order valence-corrected chi connectivity index (χ2v) is 6.71. The number of rotatable bonds is 7. The SMILES string of the molecule is CCCC(NS(=O)(=O)c1ccc([N+](=O)[O-])cc1Br)C(=O)O. The first-order chi connectivity index (χ1) is 9.69. The van der Waals surface area contributed by atoms with Gasteiger partial charge in [0.15, 0.2) is 0 Å². The van der Waals surface area contributed by atoms with Gasteiger partial charge in [-0.05, 0) is 28.4 Å². The fraction of sp³-hybridized carbons (Fsp3) is 0.364. The molecule has 0 heterocycles. The number of nitro benzene ring substituents is 1. The summed E-state index contributed by atoms with van der Waals surface area (Å²) in [6.07, 6.45) is 0.625. The van der Waals surface area contributed by atoms with Gasteiger partial charge in [0, 0.05) is 16.6 Å². The van der Waals surface area contributed by atoms with Gasteiger partial charge in [-0.3, -0.25) is 14.9 Å². The summed E-state index contributed by atoms with van der Waals surface area (Å²) in [4.78, 5) is 20.7. The van der Waals surface area contributed by atoms with Crippen LogP contribution in [0.3, 0.4) is 0 Å². The van der Waals surface area contributed by atoms with Crippen LogP contribution < -0.4 is 4.72 Å². The Morgan fingerprint density at radius 2 is 2.14 bits per heavy atom. The number of sulfonamides is 1. The lowest BCUT2D eigenvalue weighted by Crippen LogP contribution is -2.40. The molecule has 1 aromatic rings. The summed E-state index contributed by atoms with van der Waals surface area (Å²) in [5.74, 6) is -1.28. The Balaban J connectivity index is 3.13. The first kappa shape index (κ1) is 17.5. The van der Waals surface area contributed by atoms with Crippen LogP contribution in [0.1, 0.15) is 19.8 Å². The van der Waals surface area contributed by atoms with Crippen LogP contribution in [-0.2, 0) is 14.8 Å². The molecule has 0 saturated carbocycles. The van der Waals surface area contributed by atoms with Crippen LogP contribution >= 0.6 is 15.9 Å². The molecule has 0 bridgehead atoms. The lowest BCUT2D eigenvalue weighted by atomic mass is 10.2. The Morgan fingerprint density at radius 3 is 2.57 bits per heavy atom. The van der Waals surface area contributed by atoms with E-state index in [4.69, 9.17) is 5.11 Å². The number of carboxylic acids is 1. The molecular weight excluding hydrogens is 368 g/mol. The second-order valence-electron chi connectivity index (χ2n) is 4.17. The van der Waals surface area contributed by atoms with E-state index >= 15 is 0 Å². The van der Waals surface area contributed by atoms with Crippen molar-refractivity contribution in [3.05, 3.63) is 32.8 Å². The van der Waals surface area contributed by atoms with E-state index in [1.807, 2.05) is 0 Å². The number of carboxylic acid groups (broad SMARTS) is 1. The van der Waals surface area contributed by atoms with Crippen molar-refractivity contribution in [2.24, 2.45) is 0 Å². The van der Waals surface area contributed by atoms with E-state index in [2.05, 4.69) is 20.7 Å². The highest BCUT2D eigenvalue weighted by molar-refractivity contribution is 9.10. The van der Waals surface area contributed by atoms with Gasteiger partial charge in [0.2, 0.25) is 10.0 Å². The normalized spacial score (nSPS) is 12.9. The lowest BCUT2D eigenvalue weighted by molar-refractivity contribution is -0.385. The molecule has 0 amide bonds. The van der Waals surface area contributed by atoms with E-state index in [0.717, 1.165) is 18.2 Å². The monoisotopic (exact) mass is 380 g/mol. The maximum absolute atomic E-state index is 12.1. The molecule has 0 fully saturated rings. The van der Waals surface area contributed by atoms with Gasteiger partial charge in [-0.2, -0.15) is 4.72 Å². The van der Waals surface area contributed by atoms with Gasteiger partial charge in [-0.15, -0.1) is 0 Å². The number of halogens is 1. The van der Waals surface area contributed by atoms with Gasteiger partial charge >= 0.3 is 5.97 Å². The average molecular weight is 381 g/mol. The van der Waals surface area contributed by atoms with Crippen LogP contribution in [0.2, 0.25) is 0 Å². The molecule has 0 aromatic heterocycles. The molecule has 0 spiro atoms. The quantitative estimate of drug-likeness (QED) is 0.549. The van der Waals surface area contributed by atoms with Gasteiger partial charge in [-0.1, -0.05) is 13.3 Å². The number of hydrogen-bond acceptors (Lipinski definition) is 5. The molecule has 0 aliphatic rings. The maximum atomic E-state index is 12.1. The largest absolute Gasteiger partial charge is 0.480 e. The highest BCUT2D eigenvalue weighted by Gasteiger charge is 2.27. The van der Waals surface area contributed by atoms with Gasteiger partial charge in [0.1, 0.15) is 6.04 Å². The average Bonchev–Trinajstić information content (AvgIpc) is 2.37. The summed E-state index contributed by atoms with van der Waals surface area (Å²) in [5, 5.41) is 19.6. The fourth-order valence-corrected chi connectivity index (χ4v) is 3.88. The zero-order valence-corrected chi connectivity index (χ0v) is 13.3. The molecule has 0 aliphatic heterocycles. The van der Waals surface area contributed by atoms with Crippen LogP contribution in [0.4, 0.5) is 5.69 Å². The minimum Gasteiger partial charge on any atom is -0.480 e. The summed E-state index contributed by atoms with van der Waals surface area (Å²) < 4.78 is 26.4. The number of non-ortho nitro benzene ring substituents is 1. The Bertz CT molecular complexity index is 661. The highest BCUT2D eigenvalue weighted by Crippen LogP contribution is 2.26. The van der Waals surface area contributed by atoms with Gasteiger partial charge in [-0.25, -0.2) is 8.42 Å². The third-order valence-electron chi connectivity index (χ3n) is 2.59. The van der Waals surface area contributed by atoms with E-state index in [0.29, 0.717) is 6.42 Å². The van der Waals surface area contributed by atoms with Crippen LogP contribution in [0.15, 0.2) is 27.6 Å². The van der Waals surface area contributed by atoms with Crippen molar-refractivity contribution < 1.29 is 23.2 Å². The van der Waals surface area contributed by atoms with Crippen LogP contribution in [0.25, 0.3) is 0 Å². The molecule has 1 unspecified atom stereocenters. The second kappa shape index (κ2) is 6.96. The van der Waals surface area contributed by atoms with Crippen LogP contribution in [0, 0.1) is 10.1 Å². The molecule has 116 valence electrons. The van der Waals surface area contributed by atoms with E-state index in [1.54, 1.807) is 6.92 Å². The predicted molar refractivity (Wildman–Crippen MR) is 77.4 cm³/mol. The Hall–Kier alpha value is -1.52. The lowest BCUT2D eigenvalue weighted by Gasteiger charge is -2.14. The first-order valence-electron chi connectivity index (χ1n) is 5.88. The fourth-order valence-electron chi connectivity index (χ4n) is 1.59. The third kappa shape index (κ3) is 4.48. The number of nitro groups is 1. The number of hydrogen-bond donors (Lipinski definition) is 2. The van der Waals surface area contributed by atoms with Crippen molar-refractivity contribution >= 4 is 37.6 Å². The van der Waals surface area contributed by atoms with E-state index in [-0.39, 0.29) is 21.5 Å². The van der Waals surface area contributed by atoms with Gasteiger partial charge in [0.25, 0.3) is 5.69 Å². The van der Waals surface area contributed by atoms with Crippen LogP contribution in [-0.4, -0.2) is 30.5 Å². The molecule has 1 rings (SSSR count). The van der Waals surface area contributed by atoms with Crippen molar-refractivity contribution in [2.45, 2.75) is 30.7 Å². The zero-order valence-electron chi connectivity index (χ0n) is 10.9. The van der Waals surface area contributed by atoms with E-state index in [9.17, 15) is 23.3 Å². The van der Waals surface area contributed by atoms with E-state index < -0.39 is 27.0 Å². The smallest absolute Gasteiger partial charge is 0.321 e. The molecule has 8 nitrogen and oxygen atoms in total. The summed E-state index contributed by atoms with van der Waals surface area (Å²) in [6.45, 7) is 1.73. The summed E-state index contributed by atoms with van der Waals surface area (Å²) in [7, 11) is -4.10. The zero-order chi connectivity index (χ0) is 16.2. The minimum atomic E-state index is -4.10. The predicted octanol–water partition coefficient (Wildman–Crippen LogP) is 1.89. The Morgan fingerprint density at radius 1 is 1.52 bits per heavy atom. The molecule has 1 aromatic carbocycles. The number of benzene rings is 1. The topological polar surface area (TPSA) is 127 Å². The van der Waals surface area contributed by atoms with Crippen molar-refractivity contribution in [3.63, 3.8) is 0 Å². The molecular formula is C11H13BrN2O6S. The molecule has 21 heavy (non-hydrogen) atoms. The van der Waals surface area contributed by atoms with Crippen molar-refractivity contribution in [2.75, 3.05) is 0 Å². The number of carbonyl (C=O) groups is 1. The number of nitrogens with one attached hydrogen (secondary N) is 1. The van der Waals surface area contributed by atoms with Crippen LogP contribution in [0.5, 0.6) is 0 Å². The maximum Gasteiger partial charge on any atom is 0.321 e. The molecule has 1 atom stereocenters. The molecule has 2 N–H and O–H groups in total. The Labute approximate surface area is 129 Å². The van der Waals surface area contributed by atoms with Crippen molar-refractivity contribution in [1.29, 1.82) is 0 Å². The number of nitrogens with zero attached hydrogens (tertiary/aromatic N) is 1. The first-order valence-corrected chi connectivity index (χ1v) is 8.15. The number of aliphatic carboxylic acids is 1. The van der Waals surface area contributed by atoms with Gasteiger partial charge < -0.3 is 5.11 Å². The minimum absolute atomic E-state index is 0.00941. The van der Waals surface area contributed by atoms with Crippen molar-refractivity contribution in [3.8, 4) is 0 Å². The summed E-state index contributed by atoms with van der Waals surface area (Å²) in [6, 6.07) is 1.89. The summed E-state index contributed by atoms with van der Waals surface area (Å²) >= 11 is 2.95. The standard InChI is InChI=1S/C11H13BrN2O6S/c1-2-3-9(11(15)16)13-21(19,20)10-5-4-7(14(17)18)6-8(10)12/h4-6,9,13H,2-3H2,1H3,(H,15,16). The molecule has 0 saturated heterocycles. The van der Waals surface area contributed by atoms with E-state index in [1.165, 1.54) is 0 Å². The third-order valence-corrected chi connectivity index (χ3v) is 5.04. The van der Waals surface area contributed by atoms with Gasteiger partial charge in [0.05, 0.1) is 9.82 Å². The summed E-state index contributed by atoms with van der Waals surface area (Å²) in [5.41, 5.74) is -0.274. The molecule has 0 aliphatic carbocycles.